The number of thiophene rings is 1. The Kier molecular flexibility index (Phi) is 7.01. The first-order valence-electron chi connectivity index (χ1n) is 12.4. The van der Waals surface area contributed by atoms with Crippen molar-refractivity contribution in [2.24, 2.45) is 0 Å². The number of likely N-dealkylation sites (tertiary alicyclic amines) is 1. The average Bonchev–Trinajstić information content (AvgIpc) is 3.44. The van der Waals surface area contributed by atoms with Crippen molar-refractivity contribution < 1.29 is 9.59 Å². The largest absolute Gasteiger partial charge is 0.349 e. The number of hydrogen-bond acceptors (Lipinski definition) is 3. The van der Waals surface area contributed by atoms with Crippen LogP contribution in [0.3, 0.4) is 0 Å². The van der Waals surface area contributed by atoms with E-state index in [0.717, 1.165) is 26.4 Å². The lowest BCUT2D eigenvalue weighted by molar-refractivity contribution is -0.129. The minimum absolute atomic E-state index is 0.0274. The summed E-state index contributed by atoms with van der Waals surface area (Å²) in [7, 11) is 0. The van der Waals surface area contributed by atoms with Crippen molar-refractivity contribution in [3.8, 4) is 10.4 Å². The molecule has 5 heteroatoms. The van der Waals surface area contributed by atoms with Gasteiger partial charge in [0, 0.05) is 18.0 Å². The van der Waals surface area contributed by atoms with E-state index in [2.05, 4.69) is 17.4 Å². The van der Waals surface area contributed by atoms with E-state index < -0.39 is 5.41 Å². The Balaban J connectivity index is 1.33. The van der Waals surface area contributed by atoms with Gasteiger partial charge in [0.05, 0.1) is 16.3 Å². The lowest BCUT2D eigenvalue weighted by Gasteiger charge is -2.41. The highest BCUT2D eigenvalue weighted by Gasteiger charge is 2.44. The zero-order valence-corrected chi connectivity index (χ0v) is 21.2. The number of piperidine rings is 1. The molecule has 1 saturated heterocycles. The first-order chi connectivity index (χ1) is 17.6. The summed E-state index contributed by atoms with van der Waals surface area (Å²) in [5.41, 5.74) is 2.55. The van der Waals surface area contributed by atoms with Crippen molar-refractivity contribution in [1.29, 1.82) is 0 Å². The molecule has 3 aromatic carbocycles. The van der Waals surface area contributed by atoms with E-state index >= 15 is 0 Å². The number of nitrogens with one attached hydrogen (secondary N) is 1. The molecular formula is C31H30N2O2S. The third kappa shape index (κ3) is 4.84. The second-order valence-corrected chi connectivity index (χ2v) is 10.5. The fraction of sp³-hybridized carbons (Fsp3) is 0.226. The Morgan fingerprint density at radius 3 is 2.03 bits per heavy atom. The maximum atomic E-state index is 13.8. The minimum atomic E-state index is -0.661. The molecule has 4 aromatic rings. The van der Waals surface area contributed by atoms with Crippen LogP contribution in [0.4, 0.5) is 0 Å². The van der Waals surface area contributed by atoms with Crippen LogP contribution in [-0.2, 0) is 10.2 Å². The quantitative estimate of drug-likeness (QED) is 0.334. The second kappa shape index (κ2) is 10.5. The molecule has 1 aromatic heterocycles. The van der Waals surface area contributed by atoms with Crippen molar-refractivity contribution in [2.75, 3.05) is 13.1 Å². The van der Waals surface area contributed by atoms with E-state index in [4.69, 9.17) is 0 Å². The van der Waals surface area contributed by atoms with Gasteiger partial charge in [-0.05, 0) is 48.6 Å². The summed E-state index contributed by atoms with van der Waals surface area (Å²) >= 11 is 1.53. The molecule has 1 aliphatic heterocycles. The van der Waals surface area contributed by atoms with Gasteiger partial charge in [0.2, 0.25) is 5.91 Å². The summed E-state index contributed by atoms with van der Waals surface area (Å²) in [6, 6.07) is 34.0. The van der Waals surface area contributed by atoms with Crippen molar-refractivity contribution in [3.63, 3.8) is 0 Å². The predicted molar refractivity (Wildman–Crippen MR) is 146 cm³/mol. The zero-order chi connectivity index (χ0) is 25.0. The van der Waals surface area contributed by atoms with Gasteiger partial charge in [-0.2, -0.15) is 0 Å². The van der Waals surface area contributed by atoms with Crippen LogP contribution in [-0.4, -0.2) is 29.8 Å². The Bertz CT molecular complexity index is 1310. The summed E-state index contributed by atoms with van der Waals surface area (Å²) in [6.45, 7) is 3.10. The number of nitrogens with zero attached hydrogens (tertiary/aromatic N) is 1. The molecule has 2 amide bonds. The molecule has 1 atom stereocenters. The molecule has 182 valence electrons. The maximum Gasteiger partial charge on any atom is 0.263 e. The fourth-order valence-electron chi connectivity index (χ4n) is 5.02. The minimum Gasteiger partial charge on any atom is -0.349 e. The van der Waals surface area contributed by atoms with Crippen LogP contribution in [0.2, 0.25) is 0 Å². The van der Waals surface area contributed by atoms with Crippen molar-refractivity contribution in [3.05, 3.63) is 119 Å². The first kappa shape index (κ1) is 24.0. The highest BCUT2D eigenvalue weighted by molar-refractivity contribution is 7.17. The molecule has 0 aliphatic carbocycles. The Morgan fingerprint density at radius 2 is 1.39 bits per heavy atom. The third-order valence-electron chi connectivity index (χ3n) is 7.19. The third-order valence-corrected chi connectivity index (χ3v) is 8.31. The number of amides is 2. The normalized spacial score (nSPS) is 15.8. The van der Waals surface area contributed by atoms with Gasteiger partial charge in [0.25, 0.3) is 5.91 Å². The summed E-state index contributed by atoms with van der Waals surface area (Å²) in [5, 5.41) is 3.26. The van der Waals surface area contributed by atoms with E-state index in [9.17, 15) is 9.59 Å². The van der Waals surface area contributed by atoms with Gasteiger partial charge in [0.15, 0.2) is 0 Å². The number of hydrogen-bond donors (Lipinski definition) is 1. The molecule has 0 bridgehead atoms. The van der Waals surface area contributed by atoms with Crippen molar-refractivity contribution >= 4 is 23.2 Å². The summed E-state index contributed by atoms with van der Waals surface area (Å²) < 4.78 is 0. The van der Waals surface area contributed by atoms with Crippen LogP contribution in [0.25, 0.3) is 10.4 Å². The van der Waals surface area contributed by atoms with Crippen LogP contribution >= 0.6 is 11.3 Å². The highest BCUT2D eigenvalue weighted by atomic mass is 32.1. The van der Waals surface area contributed by atoms with E-state index in [1.807, 2.05) is 103 Å². The van der Waals surface area contributed by atoms with Gasteiger partial charge in [-0.3, -0.25) is 9.59 Å². The molecule has 1 aliphatic rings. The van der Waals surface area contributed by atoms with Gasteiger partial charge < -0.3 is 10.2 Å². The smallest absolute Gasteiger partial charge is 0.263 e. The van der Waals surface area contributed by atoms with Crippen LogP contribution < -0.4 is 5.32 Å². The highest BCUT2D eigenvalue weighted by Crippen LogP contribution is 2.38. The Hall–Kier alpha value is -3.70. The van der Waals surface area contributed by atoms with Gasteiger partial charge in [0.1, 0.15) is 0 Å². The molecule has 0 saturated carbocycles. The van der Waals surface area contributed by atoms with Crippen LogP contribution in [0.1, 0.15) is 46.6 Å². The van der Waals surface area contributed by atoms with E-state index in [0.29, 0.717) is 25.9 Å². The van der Waals surface area contributed by atoms with E-state index in [-0.39, 0.29) is 17.9 Å². The molecule has 1 unspecified atom stereocenters. The zero-order valence-electron chi connectivity index (χ0n) is 20.4. The molecule has 5 rings (SSSR count). The first-order valence-corrected chi connectivity index (χ1v) is 13.2. The molecule has 2 heterocycles. The average molecular weight is 495 g/mol. The van der Waals surface area contributed by atoms with E-state index in [1.165, 1.54) is 11.3 Å². The lowest BCUT2D eigenvalue weighted by atomic mass is 9.71. The van der Waals surface area contributed by atoms with Gasteiger partial charge >= 0.3 is 0 Å². The topological polar surface area (TPSA) is 49.4 Å². The van der Waals surface area contributed by atoms with Crippen LogP contribution in [0.5, 0.6) is 0 Å². The summed E-state index contributed by atoms with van der Waals surface area (Å²) in [4.78, 5) is 30.9. The lowest BCUT2D eigenvalue weighted by Crippen LogP contribution is -2.53. The van der Waals surface area contributed by atoms with Gasteiger partial charge in [-0.25, -0.2) is 0 Å². The van der Waals surface area contributed by atoms with Gasteiger partial charge in [-0.1, -0.05) is 91.0 Å². The van der Waals surface area contributed by atoms with Crippen molar-refractivity contribution in [2.45, 2.75) is 31.2 Å². The molecule has 4 nitrogen and oxygen atoms in total. The maximum absolute atomic E-state index is 13.8. The molecule has 1 fully saturated rings. The second-order valence-electron chi connectivity index (χ2n) is 9.38. The summed E-state index contributed by atoms with van der Waals surface area (Å²) in [5.74, 6) is 0.0709. The Labute approximate surface area is 216 Å². The monoisotopic (exact) mass is 494 g/mol. The number of rotatable bonds is 6. The molecular weight excluding hydrogens is 464 g/mol. The van der Waals surface area contributed by atoms with Crippen molar-refractivity contribution in [1.82, 2.24) is 10.2 Å². The number of carbonyl (C=O) groups excluding carboxylic acids is 2. The van der Waals surface area contributed by atoms with E-state index in [1.54, 1.807) is 0 Å². The molecule has 36 heavy (non-hydrogen) atoms. The molecule has 1 N–H and O–H groups in total. The molecule has 0 radical (unpaired) electrons. The summed E-state index contributed by atoms with van der Waals surface area (Å²) in [6.07, 6.45) is 1.18. The molecule has 0 spiro atoms. The van der Waals surface area contributed by atoms with Crippen LogP contribution in [0.15, 0.2) is 103 Å². The predicted octanol–water partition coefficient (Wildman–Crippen LogP) is 6.47. The number of carbonyl (C=O) groups is 2. The van der Waals surface area contributed by atoms with Crippen LogP contribution in [0, 0.1) is 0 Å². The van der Waals surface area contributed by atoms with Gasteiger partial charge in [-0.15, -0.1) is 11.3 Å². The standard InChI is InChI=1S/C31H30N2O2S/c1-23(24-11-5-2-6-12-24)32-30(35)31(26-15-9-4-10-16-26)19-21-33(22-20-31)29(34)28-18-17-27(36-28)25-13-7-3-8-14-25/h2-18,23H,19-22H2,1H3,(H,32,35). The fourth-order valence-corrected chi connectivity index (χ4v) is 6.00. The SMILES string of the molecule is CC(NC(=O)C1(c2ccccc2)CCN(C(=O)c2ccc(-c3ccccc3)s2)CC1)c1ccccc1. The Morgan fingerprint density at radius 1 is 0.806 bits per heavy atom. The number of benzene rings is 3.